The van der Waals surface area contributed by atoms with Gasteiger partial charge in [0, 0.05) is 0 Å². The zero-order valence-electron chi connectivity index (χ0n) is 9.46. The first kappa shape index (κ1) is 14.1. The standard InChI is InChI=1S/C10H10F4N2O2S/c11-6-1-2-7(15)8(5-6)19(17,18)16-9(3-4-9)10(12,13)14/h1-2,5,16H,3-4,15H2. The van der Waals surface area contributed by atoms with Crippen molar-refractivity contribution in [1.29, 1.82) is 0 Å². The van der Waals surface area contributed by atoms with Crippen LogP contribution in [0.2, 0.25) is 0 Å². The van der Waals surface area contributed by atoms with E-state index in [0.29, 0.717) is 6.07 Å². The van der Waals surface area contributed by atoms with Gasteiger partial charge < -0.3 is 5.73 Å². The first-order valence-electron chi connectivity index (χ1n) is 5.23. The van der Waals surface area contributed by atoms with Crippen molar-refractivity contribution in [2.45, 2.75) is 29.5 Å². The van der Waals surface area contributed by atoms with Gasteiger partial charge in [0.05, 0.1) is 5.69 Å². The van der Waals surface area contributed by atoms with Gasteiger partial charge in [0.15, 0.2) is 0 Å². The second-order valence-electron chi connectivity index (χ2n) is 4.37. The first-order chi connectivity index (χ1) is 8.57. The molecule has 2 rings (SSSR count). The monoisotopic (exact) mass is 298 g/mol. The van der Waals surface area contributed by atoms with Gasteiger partial charge in [0.2, 0.25) is 10.0 Å². The van der Waals surface area contributed by atoms with Gasteiger partial charge in [-0.3, -0.25) is 0 Å². The first-order valence-corrected chi connectivity index (χ1v) is 6.71. The van der Waals surface area contributed by atoms with E-state index in [-0.39, 0.29) is 18.5 Å². The third-order valence-corrected chi connectivity index (χ3v) is 4.48. The number of hydrogen-bond acceptors (Lipinski definition) is 3. The molecular weight excluding hydrogens is 288 g/mol. The van der Waals surface area contributed by atoms with E-state index < -0.39 is 32.5 Å². The molecule has 0 radical (unpaired) electrons. The molecule has 0 aliphatic heterocycles. The highest BCUT2D eigenvalue weighted by atomic mass is 32.2. The second kappa shape index (κ2) is 4.07. The lowest BCUT2D eigenvalue weighted by Crippen LogP contribution is -2.47. The molecule has 106 valence electrons. The zero-order valence-corrected chi connectivity index (χ0v) is 10.3. The van der Waals surface area contributed by atoms with Gasteiger partial charge >= 0.3 is 6.18 Å². The molecule has 9 heteroatoms. The van der Waals surface area contributed by atoms with Crippen LogP contribution >= 0.6 is 0 Å². The molecule has 4 nitrogen and oxygen atoms in total. The van der Waals surface area contributed by atoms with Crippen LogP contribution in [-0.4, -0.2) is 20.1 Å². The number of benzene rings is 1. The van der Waals surface area contributed by atoms with Crippen molar-refractivity contribution in [2.24, 2.45) is 0 Å². The minimum Gasteiger partial charge on any atom is -0.398 e. The summed E-state index contributed by atoms with van der Waals surface area (Å²) in [6.07, 6.45) is -5.38. The Bertz CT molecular complexity index is 608. The maximum Gasteiger partial charge on any atom is 0.407 e. The van der Waals surface area contributed by atoms with Crippen LogP contribution in [-0.2, 0) is 10.0 Å². The van der Waals surface area contributed by atoms with Gasteiger partial charge in [-0.1, -0.05) is 0 Å². The van der Waals surface area contributed by atoms with Crippen LogP contribution in [0.5, 0.6) is 0 Å². The SMILES string of the molecule is Nc1ccc(F)cc1S(=O)(=O)NC1(C(F)(F)F)CC1. The molecule has 0 bridgehead atoms. The molecule has 3 N–H and O–H groups in total. The van der Waals surface area contributed by atoms with E-state index in [2.05, 4.69) is 0 Å². The van der Waals surface area contributed by atoms with Gasteiger partial charge in [0.1, 0.15) is 16.3 Å². The summed E-state index contributed by atoms with van der Waals surface area (Å²) in [4.78, 5) is -0.692. The molecule has 1 aliphatic carbocycles. The van der Waals surface area contributed by atoms with Crippen LogP contribution in [0.1, 0.15) is 12.8 Å². The molecule has 0 atom stereocenters. The normalized spacial score (nSPS) is 18.3. The van der Waals surface area contributed by atoms with E-state index in [4.69, 9.17) is 5.73 Å². The Morgan fingerprint density at radius 1 is 1.26 bits per heavy atom. The van der Waals surface area contributed by atoms with Crippen molar-refractivity contribution < 1.29 is 26.0 Å². The largest absolute Gasteiger partial charge is 0.407 e. The second-order valence-corrected chi connectivity index (χ2v) is 6.02. The van der Waals surface area contributed by atoms with Crippen LogP contribution in [0.3, 0.4) is 0 Å². The Morgan fingerprint density at radius 3 is 2.32 bits per heavy atom. The minimum atomic E-state index is -4.69. The van der Waals surface area contributed by atoms with Crippen LogP contribution in [0.4, 0.5) is 23.2 Å². The Labute approximate surface area is 106 Å². The molecule has 0 saturated heterocycles. The molecule has 0 heterocycles. The number of sulfonamides is 1. The fourth-order valence-corrected chi connectivity index (χ4v) is 3.21. The van der Waals surface area contributed by atoms with Crippen molar-refractivity contribution in [3.8, 4) is 0 Å². The third-order valence-electron chi connectivity index (χ3n) is 2.89. The predicted octanol–water partition coefficient (Wildman–Crippen LogP) is 1.78. The van der Waals surface area contributed by atoms with Crippen molar-refractivity contribution in [1.82, 2.24) is 4.72 Å². The van der Waals surface area contributed by atoms with Crippen LogP contribution in [0, 0.1) is 5.82 Å². The van der Waals surface area contributed by atoms with E-state index in [9.17, 15) is 26.0 Å². The van der Waals surface area contributed by atoms with Gasteiger partial charge in [-0.25, -0.2) is 12.8 Å². The topological polar surface area (TPSA) is 72.2 Å². The lowest BCUT2D eigenvalue weighted by atomic mass is 10.3. The summed E-state index contributed by atoms with van der Waals surface area (Å²) < 4.78 is 76.3. The quantitative estimate of drug-likeness (QED) is 0.660. The van der Waals surface area contributed by atoms with Gasteiger partial charge in [-0.2, -0.15) is 17.9 Å². The fraction of sp³-hybridized carbons (Fsp3) is 0.400. The minimum absolute atomic E-state index is 0.313. The number of nitrogens with two attached hydrogens (primary N) is 1. The van der Waals surface area contributed by atoms with E-state index in [0.717, 1.165) is 12.1 Å². The highest BCUT2D eigenvalue weighted by Gasteiger charge is 2.65. The highest BCUT2D eigenvalue weighted by molar-refractivity contribution is 7.89. The van der Waals surface area contributed by atoms with Crippen molar-refractivity contribution >= 4 is 15.7 Å². The predicted molar refractivity (Wildman–Crippen MR) is 59.2 cm³/mol. The summed E-state index contributed by atoms with van der Waals surface area (Å²) in [7, 11) is -4.53. The van der Waals surface area contributed by atoms with E-state index in [1.54, 1.807) is 4.72 Å². The maximum atomic E-state index is 13.0. The molecule has 19 heavy (non-hydrogen) atoms. The number of nitrogens with one attached hydrogen (secondary N) is 1. The van der Waals surface area contributed by atoms with Crippen LogP contribution in [0.25, 0.3) is 0 Å². The van der Waals surface area contributed by atoms with E-state index in [1.807, 2.05) is 0 Å². The van der Waals surface area contributed by atoms with Gasteiger partial charge in [0.25, 0.3) is 0 Å². The van der Waals surface area contributed by atoms with Gasteiger partial charge in [-0.05, 0) is 31.0 Å². The molecule has 1 aliphatic rings. The van der Waals surface area contributed by atoms with Crippen LogP contribution < -0.4 is 10.5 Å². The number of anilines is 1. The average Bonchev–Trinajstić information content (AvgIpc) is 3.01. The smallest absolute Gasteiger partial charge is 0.398 e. The van der Waals surface area contributed by atoms with Crippen molar-refractivity contribution in [3.63, 3.8) is 0 Å². The zero-order chi connectivity index (χ0) is 14.5. The molecule has 0 aromatic heterocycles. The molecule has 1 aromatic carbocycles. The Morgan fingerprint density at radius 2 is 1.84 bits per heavy atom. The molecule has 1 fully saturated rings. The number of rotatable bonds is 3. The molecule has 0 amide bonds. The summed E-state index contributed by atoms with van der Waals surface area (Å²) in [5.41, 5.74) is 2.59. The molecule has 1 saturated carbocycles. The lowest BCUT2D eigenvalue weighted by Gasteiger charge is -2.21. The summed E-state index contributed by atoms with van der Waals surface area (Å²) in [6, 6.07) is 2.49. The number of nitrogen functional groups attached to an aromatic ring is 1. The fourth-order valence-electron chi connectivity index (χ4n) is 1.62. The Hall–Kier alpha value is -1.35. The summed E-state index contributed by atoms with van der Waals surface area (Å²) in [6.45, 7) is 0. The van der Waals surface area contributed by atoms with E-state index in [1.165, 1.54) is 0 Å². The average molecular weight is 298 g/mol. The highest BCUT2D eigenvalue weighted by Crippen LogP contribution is 2.49. The Kier molecular flexibility index (Phi) is 3.01. The molecule has 0 spiro atoms. The lowest BCUT2D eigenvalue weighted by molar-refractivity contribution is -0.160. The van der Waals surface area contributed by atoms with Gasteiger partial charge in [-0.15, -0.1) is 0 Å². The summed E-state index contributed by atoms with van der Waals surface area (Å²) >= 11 is 0. The summed E-state index contributed by atoms with van der Waals surface area (Å²) in [5.74, 6) is -0.897. The molecule has 1 aromatic rings. The Balaban J connectivity index is 2.37. The van der Waals surface area contributed by atoms with E-state index >= 15 is 0 Å². The summed E-state index contributed by atoms with van der Waals surface area (Å²) in [5, 5.41) is 0. The maximum absolute atomic E-state index is 13.0. The molecular formula is C10H10F4N2O2S. The number of alkyl halides is 3. The third kappa shape index (κ3) is 2.52. The number of hydrogen-bond donors (Lipinski definition) is 2. The van der Waals surface area contributed by atoms with Crippen molar-refractivity contribution in [3.05, 3.63) is 24.0 Å². The van der Waals surface area contributed by atoms with Crippen LogP contribution in [0.15, 0.2) is 23.1 Å². The van der Waals surface area contributed by atoms with Crippen molar-refractivity contribution in [2.75, 3.05) is 5.73 Å². The molecule has 0 unspecified atom stereocenters. The number of halogens is 4.